The summed E-state index contributed by atoms with van der Waals surface area (Å²) in [6.07, 6.45) is 4.15. The van der Waals surface area contributed by atoms with Gasteiger partial charge in [-0.15, -0.1) is 11.8 Å². The van der Waals surface area contributed by atoms with Crippen molar-refractivity contribution in [1.29, 1.82) is 0 Å². The summed E-state index contributed by atoms with van der Waals surface area (Å²) in [5.41, 5.74) is 3.78. The lowest BCUT2D eigenvalue weighted by Crippen LogP contribution is -2.28. The van der Waals surface area contributed by atoms with Gasteiger partial charge >= 0.3 is 0 Å². The Morgan fingerprint density at radius 3 is 2.31 bits per heavy atom. The Hall–Kier alpha value is -3.71. The van der Waals surface area contributed by atoms with Crippen molar-refractivity contribution in [2.24, 2.45) is 4.99 Å². The number of thioether (sulfide) groups is 2. The van der Waals surface area contributed by atoms with Crippen LogP contribution in [0.1, 0.15) is 5.56 Å². The van der Waals surface area contributed by atoms with Crippen molar-refractivity contribution >= 4 is 74.6 Å². The van der Waals surface area contributed by atoms with Crippen molar-refractivity contribution in [2.45, 2.75) is 11.4 Å². The van der Waals surface area contributed by atoms with Gasteiger partial charge in [-0.25, -0.2) is 4.99 Å². The number of halogens is 1. The molecule has 0 spiro atoms. The molecular weight excluding hydrogens is 542 g/mol. The molecule has 4 nitrogen and oxygen atoms in total. The number of aryl methyl sites for hydroxylation is 1. The Labute approximate surface area is 241 Å². The van der Waals surface area contributed by atoms with Crippen molar-refractivity contribution in [1.82, 2.24) is 4.57 Å². The lowest BCUT2D eigenvalue weighted by molar-refractivity contribution is -0.113. The quantitative estimate of drug-likeness (QED) is 0.146. The van der Waals surface area contributed by atoms with Gasteiger partial charge < -0.3 is 4.57 Å². The number of nitrogens with zero attached hydrogens (tertiary/aromatic N) is 3. The average molecular weight is 566 g/mol. The zero-order valence-corrected chi connectivity index (χ0v) is 23.3. The maximum absolute atomic E-state index is 13.7. The fraction of sp³-hybridized carbons (Fsp3) is 0.0625. The molecule has 2 heterocycles. The smallest absolute Gasteiger partial charge is 0.271 e. The van der Waals surface area contributed by atoms with E-state index in [1.54, 1.807) is 16.7 Å². The summed E-state index contributed by atoms with van der Waals surface area (Å²) in [6.45, 7) is 0.842. The van der Waals surface area contributed by atoms with E-state index in [9.17, 15) is 4.79 Å². The molecule has 1 amide bonds. The number of para-hydroxylation sites is 3. The first-order valence-corrected chi connectivity index (χ1v) is 14.7. The highest BCUT2D eigenvalue weighted by molar-refractivity contribution is 8.19. The molecule has 7 heteroatoms. The van der Waals surface area contributed by atoms with Crippen LogP contribution in [0.5, 0.6) is 0 Å². The third-order valence-electron chi connectivity index (χ3n) is 6.32. The van der Waals surface area contributed by atoms with Gasteiger partial charge in [0.1, 0.15) is 0 Å². The summed E-state index contributed by atoms with van der Waals surface area (Å²) in [6, 6.07) is 35.7. The molecule has 0 unspecified atom stereocenters. The van der Waals surface area contributed by atoms with E-state index in [1.807, 2.05) is 97.1 Å². The summed E-state index contributed by atoms with van der Waals surface area (Å²) in [5, 5.41) is 2.51. The molecule has 0 atom stereocenters. The molecule has 1 aliphatic rings. The molecular formula is C32H24ClN3OS2. The maximum atomic E-state index is 13.7. The number of aromatic nitrogens is 1. The molecule has 1 aliphatic heterocycles. The number of amides is 1. The first-order valence-electron chi connectivity index (χ1n) is 12.5. The second-order valence-corrected chi connectivity index (χ2v) is 11.5. The van der Waals surface area contributed by atoms with Crippen LogP contribution >= 0.6 is 35.1 Å². The van der Waals surface area contributed by atoms with Crippen molar-refractivity contribution < 1.29 is 4.79 Å². The Morgan fingerprint density at radius 2 is 1.54 bits per heavy atom. The molecule has 0 aliphatic carbocycles. The molecule has 5 aromatic rings. The summed E-state index contributed by atoms with van der Waals surface area (Å²) in [4.78, 5) is 22.1. The van der Waals surface area contributed by atoms with Gasteiger partial charge in [-0.05, 0) is 72.4 Å². The molecule has 4 aromatic carbocycles. The number of hydrogen-bond donors (Lipinski definition) is 0. The number of fused-ring (bicyclic) bond motifs is 1. The summed E-state index contributed by atoms with van der Waals surface area (Å²) >= 11 is 9.24. The normalized spacial score (nSPS) is 15.6. The van der Waals surface area contributed by atoms with Gasteiger partial charge in [-0.1, -0.05) is 66.2 Å². The Kier molecular flexibility index (Phi) is 7.59. The number of carbonyl (C=O) groups excluding carboxylic acids is 1. The number of hydrogen-bond acceptors (Lipinski definition) is 4. The predicted octanol–water partition coefficient (Wildman–Crippen LogP) is 8.90. The molecule has 39 heavy (non-hydrogen) atoms. The Balaban J connectivity index is 1.32. The van der Waals surface area contributed by atoms with E-state index in [4.69, 9.17) is 16.6 Å². The largest absolute Gasteiger partial charge is 0.346 e. The van der Waals surface area contributed by atoms with Crippen molar-refractivity contribution in [3.8, 4) is 0 Å². The average Bonchev–Trinajstić information content (AvgIpc) is 3.47. The first kappa shape index (κ1) is 25.6. The van der Waals surface area contributed by atoms with E-state index in [0.29, 0.717) is 10.1 Å². The van der Waals surface area contributed by atoms with E-state index < -0.39 is 0 Å². The van der Waals surface area contributed by atoms with Gasteiger partial charge in [0, 0.05) is 44.9 Å². The van der Waals surface area contributed by atoms with E-state index in [-0.39, 0.29) is 5.91 Å². The van der Waals surface area contributed by atoms with E-state index in [0.717, 1.165) is 45.2 Å². The van der Waals surface area contributed by atoms with Crippen LogP contribution in [0.15, 0.2) is 130 Å². The number of rotatable bonds is 7. The number of aliphatic imine (C=N–C) groups is 1. The van der Waals surface area contributed by atoms with Crippen LogP contribution in [0, 0.1) is 0 Å². The van der Waals surface area contributed by atoms with Gasteiger partial charge in [-0.2, -0.15) is 0 Å². The minimum atomic E-state index is -0.0731. The first-order chi connectivity index (χ1) is 19.2. The van der Waals surface area contributed by atoms with Crippen LogP contribution in [-0.4, -0.2) is 21.4 Å². The highest BCUT2D eigenvalue weighted by atomic mass is 35.5. The second kappa shape index (κ2) is 11.6. The van der Waals surface area contributed by atoms with E-state index in [2.05, 4.69) is 29.0 Å². The van der Waals surface area contributed by atoms with Crippen LogP contribution in [0.4, 0.5) is 11.4 Å². The fourth-order valence-corrected chi connectivity index (χ4v) is 6.45. The molecule has 0 radical (unpaired) electrons. The SMILES string of the molecule is O=C1/C(=C/c2cn(CCSc3ccc(Cl)cc3)c3ccccc23)SC(=Nc2ccccc2)N1c1ccccc1. The van der Waals surface area contributed by atoms with Crippen LogP contribution in [0.3, 0.4) is 0 Å². The molecule has 0 bridgehead atoms. The second-order valence-electron chi connectivity index (χ2n) is 8.91. The molecule has 1 fully saturated rings. The zero-order chi connectivity index (χ0) is 26.6. The third-order valence-corrected chi connectivity index (χ3v) is 8.54. The highest BCUT2D eigenvalue weighted by Gasteiger charge is 2.35. The van der Waals surface area contributed by atoms with Crippen molar-refractivity contribution in [3.63, 3.8) is 0 Å². The standard InChI is InChI=1S/C32H24ClN3OS2/c33-24-15-17-27(18-16-24)38-20-19-35-22-23(28-13-7-8-14-29(28)35)21-30-31(37)36(26-11-5-2-6-12-26)32(39-30)34-25-9-3-1-4-10-25/h1-18,21-22H,19-20H2/b30-21-,34-32?. The lowest BCUT2D eigenvalue weighted by atomic mass is 10.1. The van der Waals surface area contributed by atoms with E-state index >= 15 is 0 Å². The molecule has 0 N–H and O–H groups in total. The van der Waals surface area contributed by atoms with Crippen LogP contribution < -0.4 is 4.90 Å². The zero-order valence-electron chi connectivity index (χ0n) is 20.9. The topological polar surface area (TPSA) is 37.6 Å². The highest BCUT2D eigenvalue weighted by Crippen LogP contribution is 2.38. The molecule has 1 saturated heterocycles. The monoisotopic (exact) mass is 565 g/mol. The summed E-state index contributed by atoms with van der Waals surface area (Å²) in [5.74, 6) is 0.843. The summed E-state index contributed by atoms with van der Waals surface area (Å²) in [7, 11) is 0. The molecule has 0 saturated carbocycles. The van der Waals surface area contributed by atoms with Gasteiger partial charge in [0.05, 0.1) is 16.3 Å². The third kappa shape index (κ3) is 5.69. The minimum Gasteiger partial charge on any atom is -0.346 e. The van der Waals surface area contributed by atoms with Crippen molar-refractivity contribution in [2.75, 3.05) is 10.7 Å². The van der Waals surface area contributed by atoms with Gasteiger partial charge in [0.15, 0.2) is 5.17 Å². The Bertz CT molecular complexity index is 1680. The molecule has 1 aromatic heterocycles. The van der Waals surface area contributed by atoms with Gasteiger partial charge in [0.25, 0.3) is 5.91 Å². The molecule has 6 rings (SSSR count). The van der Waals surface area contributed by atoms with Crippen LogP contribution in [0.25, 0.3) is 17.0 Å². The fourth-order valence-electron chi connectivity index (χ4n) is 4.48. The maximum Gasteiger partial charge on any atom is 0.271 e. The van der Waals surface area contributed by atoms with Gasteiger partial charge in [0.2, 0.25) is 0 Å². The number of anilines is 1. The van der Waals surface area contributed by atoms with Crippen LogP contribution in [0.2, 0.25) is 5.02 Å². The lowest BCUT2D eigenvalue weighted by Gasteiger charge is -2.15. The van der Waals surface area contributed by atoms with Gasteiger partial charge in [-0.3, -0.25) is 9.69 Å². The van der Waals surface area contributed by atoms with Crippen molar-refractivity contribution in [3.05, 3.63) is 131 Å². The minimum absolute atomic E-state index is 0.0731. The predicted molar refractivity (Wildman–Crippen MR) is 167 cm³/mol. The van der Waals surface area contributed by atoms with Crippen LogP contribution in [-0.2, 0) is 11.3 Å². The number of benzene rings is 4. The number of carbonyl (C=O) groups is 1. The Morgan fingerprint density at radius 1 is 0.846 bits per heavy atom. The van der Waals surface area contributed by atoms with E-state index in [1.165, 1.54) is 16.7 Å². The molecule has 192 valence electrons. The summed E-state index contributed by atoms with van der Waals surface area (Å²) < 4.78 is 2.27. The number of amidine groups is 1.